The van der Waals surface area contributed by atoms with Gasteiger partial charge in [-0.15, -0.1) is 0 Å². The fraction of sp³-hybridized carbons (Fsp3) is 0.429. The zero-order valence-corrected chi connectivity index (χ0v) is 7.95. The van der Waals surface area contributed by atoms with E-state index in [4.69, 9.17) is 5.21 Å². The van der Waals surface area contributed by atoms with Crippen LogP contribution in [0.25, 0.3) is 0 Å². The molecule has 1 aromatic heterocycles. The number of nitrogens with zero attached hydrogens (tertiary/aromatic N) is 3. The molecule has 0 saturated heterocycles. The molecule has 13 heavy (non-hydrogen) atoms. The highest BCUT2D eigenvalue weighted by Crippen LogP contribution is 1.91. The number of aryl methyl sites for hydroxylation is 2. The Morgan fingerprint density at radius 1 is 1.77 bits per heavy atom. The summed E-state index contributed by atoms with van der Waals surface area (Å²) in [6.07, 6.45) is 4.78. The Morgan fingerprint density at radius 2 is 2.46 bits per heavy atom. The van der Waals surface area contributed by atoms with Crippen LogP contribution in [0, 0.1) is 0 Å². The van der Waals surface area contributed by atoms with Crippen LogP contribution in [0.1, 0.15) is 5.82 Å². The van der Waals surface area contributed by atoms with Crippen molar-refractivity contribution in [3.05, 3.63) is 18.2 Å². The lowest BCUT2D eigenvalue weighted by molar-refractivity contribution is -0.671. The van der Waals surface area contributed by atoms with Crippen LogP contribution in [0.2, 0.25) is 0 Å². The summed E-state index contributed by atoms with van der Waals surface area (Å²) >= 11 is 0. The van der Waals surface area contributed by atoms with E-state index in [9.17, 15) is 4.39 Å². The Kier molecular flexibility index (Phi) is 5.06. The number of aromatic nitrogens is 2. The third-order valence-electron chi connectivity index (χ3n) is 1.62. The Hall–Kier alpha value is -1.10. The number of halogens is 2. The molecule has 0 spiro atoms. The van der Waals surface area contributed by atoms with E-state index in [1.54, 1.807) is 28.6 Å². The first-order chi connectivity index (χ1) is 5.79. The van der Waals surface area contributed by atoms with Crippen LogP contribution < -0.4 is 17.0 Å². The summed E-state index contributed by atoms with van der Waals surface area (Å²) in [5.74, 6) is 0.662. The van der Waals surface area contributed by atoms with Gasteiger partial charge in [0.15, 0.2) is 6.21 Å². The number of hydrogen-bond donors (Lipinski definition) is 1. The lowest BCUT2D eigenvalue weighted by Gasteiger charge is -1.92. The first-order valence-corrected chi connectivity index (χ1v) is 3.57. The zero-order chi connectivity index (χ0) is 8.97. The van der Waals surface area contributed by atoms with Gasteiger partial charge in [0.25, 0.3) is 0 Å². The largest absolute Gasteiger partial charge is 1.00 e. The van der Waals surface area contributed by atoms with Crippen LogP contribution in [0.15, 0.2) is 17.5 Å². The highest BCUT2D eigenvalue weighted by Gasteiger charge is 2.11. The van der Waals surface area contributed by atoms with E-state index < -0.39 is 6.67 Å². The van der Waals surface area contributed by atoms with E-state index in [0.717, 1.165) is 0 Å². The fourth-order valence-corrected chi connectivity index (χ4v) is 1.03. The van der Waals surface area contributed by atoms with Gasteiger partial charge >= 0.3 is 5.82 Å². The second-order valence-electron chi connectivity index (χ2n) is 2.39. The van der Waals surface area contributed by atoms with Crippen LogP contribution in [0.5, 0.6) is 0 Å². The zero-order valence-electron chi connectivity index (χ0n) is 7.19. The van der Waals surface area contributed by atoms with E-state index in [1.165, 1.54) is 6.21 Å². The maximum Gasteiger partial charge on any atom is 0.303 e. The van der Waals surface area contributed by atoms with Crippen LogP contribution in [0.3, 0.4) is 0 Å². The van der Waals surface area contributed by atoms with E-state index in [2.05, 4.69) is 5.16 Å². The van der Waals surface area contributed by atoms with Crippen molar-refractivity contribution >= 4 is 6.21 Å². The highest BCUT2D eigenvalue weighted by molar-refractivity contribution is 5.72. The molecule has 0 aliphatic heterocycles. The maximum atomic E-state index is 12.0. The van der Waals surface area contributed by atoms with Crippen molar-refractivity contribution in [2.75, 3.05) is 6.67 Å². The van der Waals surface area contributed by atoms with Crippen LogP contribution >= 0.6 is 0 Å². The van der Waals surface area contributed by atoms with Gasteiger partial charge in [0, 0.05) is 0 Å². The summed E-state index contributed by atoms with van der Waals surface area (Å²) in [4.78, 5) is 0. The monoisotopic (exact) mass is 207 g/mol. The van der Waals surface area contributed by atoms with Gasteiger partial charge in [0.2, 0.25) is 0 Å². The summed E-state index contributed by atoms with van der Waals surface area (Å²) in [6, 6.07) is 0. The first-order valence-electron chi connectivity index (χ1n) is 3.57. The number of imidazole rings is 1. The second kappa shape index (κ2) is 5.53. The Morgan fingerprint density at radius 3 is 3.00 bits per heavy atom. The number of rotatable bonds is 3. The molecule has 1 rings (SSSR count). The summed E-state index contributed by atoms with van der Waals surface area (Å²) in [6.45, 7) is -0.150. The summed E-state index contributed by atoms with van der Waals surface area (Å²) in [7, 11) is 1.80. The Bertz CT molecular complexity index is 287. The molecule has 1 heterocycles. The highest BCUT2D eigenvalue weighted by atomic mass is 35.5. The minimum Gasteiger partial charge on any atom is -1.00 e. The second-order valence-corrected chi connectivity index (χ2v) is 2.39. The molecule has 1 aromatic rings. The first kappa shape index (κ1) is 11.9. The van der Waals surface area contributed by atoms with Gasteiger partial charge in [-0.05, 0) is 0 Å². The molecular formula is C7H11ClFN3O. The number of hydrogen-bond acceptors (Lipinski definition) is 2. The molecule has 0 amide bonds. The average molecular weight is 208 g/mol. The predicted molar refractivity (Wildman–Crippen MR) is 41.0 cm³/mol. The Labute approximate surface area is 81.7 Å². The van der Waals surface area contributed by atoms with E-state index in [-0.39, 0.29) is 19.0 Å². The Balaban J connectivity index is 0.00000144. The third-order valence-corrected chi connectivity index (χ3v) is 1.62. The quantitative estimate of drug-likeness (QED) is 0.246. The molecule has 0 bridgehead atoms. The van der Waals surface area contributed by atoms with Gasteiger partial charge in [-0.25, -0.2) is 13.5 Å². The summed E-state index contributed by atoms with van der Waals surface area (Å²) < 4.78 is 15.4. The van der Waals surface area contributed by atoms with Gasteiger partial charge < -0.3 is 17.6 Å². The van der Waals surface area contributed by atoms with Crippen LogP contribution in [-0.4, -0.2) is 22.7 Å². The molecule has 0 unspecified atom stereocenters. The molecule has 0 atom stereocenters. The van der Waals surface area contributed by atoms with Crippen molar-refractivity contribution in [3.63, 3.8) is 0 Å². The molecule has 0 fully saturated rings. The molecular weight excluding hydrogens is 197 g/mol. The molecule has 0 saturated carbocycles. The van der Waals surface area contributed by atoms with Gasteiger partial charge in [0.05, 0.1) is 7.05 Å². The minimum atomic E-state index is -0.430. The van der Waals surface area contributed by atoms with Crippen molar-refractivity contribution in [1.82, 2.24) is 4.57 Å². The molecule has 6 heteroatoms. The SMILES string of the molecule is C[n+]1ccn(CCF)c1/C=N/O.[Cl-]. The van der Waals surface area contributed by atoms with Crippen molar-refractivity contribution in [1.29, 1.82) is 0 Å². The van der Waals surface area contributed by atoms with E-state index in [0.29, 0.717) is 5.82 Å². The number of oxime groups is 1. The third kappa shape index (κ3) is 2.69. The molecule has 1 N–H and O–H groups in total. The summed E-state index contributed by atoms with van der Waals surface area (Å²) in [5, 5.41) is 11.2. The van der Waals surface area contributed by atoms with Crippen molar-refractivity contribution < 1.29 is 26.6 Å². The molecule has 0 radical (unpaired) electrons. The number of alkyl halides is 1. The van der Waals surface area contributed by atoms with Crippen LogP contribution in [-0.2, 0) is 13.6 Å². The molecule has 0 aliphatic rings. The van der Waals surface area contributed by atoms with Gasteiger partial charge in [-0.1, -0.05) is 5.16 Å². The maximum absolute atomic E-state index is 12.0. The van der Waals surface area contributed by atoms with Gasteiger partial charge in [-0.2, -0.15) is 0 Å². The summed E-state index contributed by atoms with van der Waals surface area (Å²) in [5.41, 5.74) is 0. The van der Waals surface area contributed by atoms with E-state index >= 15 is 0 Å². The fourth-order valence-electron chi connectivity index (χ4n) is 1.03. The van der Waals surface area contributed by atoms with Crippen molar-refractivity contribution in [2.24, 2.45) is 12.2 Å². The topological polar surface area (TPSA) is 41.4 Å². The molecule has 4 nitrogen and oxygen atoms in total. The smallest absolute Gasteiger partial charge is 0.303 e. The molecule has 0 aliphatic carbocycles. The van der Waals surface area contributed by atoms with Crippen molar-refractivity contribution in [2.45, 2.75) is 6.54 Å². The average Bonchev–Trinajstić information content (AvgIpc) is 2.37. The predicted octanol–water partition coefficient (Wildman–Crippen LogP) is -2.91. The molecule has 0 aromatic carbocycles. The van der Waals surface area contributed by atoms with E-state index in [1.807, 2.05) is 0 Å². The van der Waals surface area contributed by atoms with Gasteiger partial charge in [0.1, 0.15) is 25.6 Å². The molecule has 74 valence electrons. The van der Waals surface area contributed by atoms with Crippen molar-refractivity contribution in [3.8, 4) is 0 Å². The lowest BCUT2D eigenvalue weighted by atomic mass is 10.6. The minimum absolute atomic E-state index is 0. The normalized spacial score (nSPS) is 10.3. The standard InChI is InChI=1S/C7H10FN3O.ClH/c1-10-4-5-11(3-2-8)7(10)6-9-12;/h4-6H,2-3H2,1H3;1H. The lowest BCUT2D eigenvalue weighted by Crippen LogP contribution is -3.00. The van der Waals surface area contributed by atoms with Gasteiger partial charge in [-0.3, -0.25) is 0 Å². The van der Waals surface area contributed by atoms with Crippen LogP contribution in [0.4, 0.5) is 4.39 Å².